The van der Waals surface area contributed by atoms with Gasteiger partial charge in [0.25, 0.3) is 0 Å². The summed E-state index contributed by atoms with van der Waals surface area (Å²) in [5, 5.41) is 13.5. The third-order valence-corrected chi connectivity index (χ3v) is 4.87. The summed E-state index contributed by atoms with van der Waals surface area (Å²) < 4.78 is 0. The van der Waals surface area contributed by atoms with Crippen LogP contribution < -0.4 is 10.2 Å². The zero-order chi connectivity index (χ0) is 18.0. The van der Waals surface area contributed by atoms with Crippen molar-refractivity contribution in [2.24, 2.45) is 5.92 Å². The van der Waals surface area contributed by atoms with E-state index in [0.717, 1.165) is 11.3 Å². The fourth-order valence-corrected chi connectivity index (χ4v) is 3.36. The topological polar surface area (TPSA) is 99.6 Å². The monoisotopic (exact) mass is 359 g/mol. The zero-order valence-corrected chi connectivity index (χ0v) is 14.4. The van der Waals surface area contributed by atoms with E-state index in [0.29, 0.717) is 11.6 Å². The lowest BCUT2D eigenvalue weighted by Crippen LogP contribution is -2.32. The first-order valence-corrected chi connectivity index (χ1v) is 8.64. The molecule has 2 N–H and O–H groups in total. The molecule has 1 fully saturated rings. The van der Waals surface area contributed by atoms with E-state index in [1.54, 1.807) is 4.90 Å². The Labute approximate surface area is 148 Å². The highest BCUT2D eigenvalue weighted by molar-refractivity contribution is 7.09. The van der Waals surface area contributed by atoms with Gasteiger partial charge in [-0.2, -0.15) is 0 Å². The molecule has 2 aromatic rings. The Kier molecular flexibility index (Phi) is 4.80. The van der Waals surface area contributed by atoms with Crippen molar-refractivity contribution in [2.75, 3.05) is 11.4 Å². The van der Waals surface area contributed by atoms with Crippen LogP contribution >= 0.6 is 11.3 Å². The van der Waals surface area contributed by atoms with Crippen molar-refractivity contribution < 1.29 is 19.5 Å². The van der Waals surface area contributed by atoms with Gasteiger partial charge in [-0.3, -0.25) is 9.59 Å². The molecule has 130 valence electrons. The van der Waals surface area contributed by atoms with Gasteiger partial charge in [0.2, 0.25) is 11.8 Å². The van der Waals surface area contributed by atoms with Crippen LogP contribution in [0.25, 0.3) is 0 Å². The minimum absolute atomic E-state index is 0.0316. The van der Waals surface area contributed by atoms with Crippen molar-refractivity contribution in [3.05, 3.63) is 45.9 Å². The molecule has 25 heavy (non-hydrogen) atoms. The highest BCUT2D eigenvalue weighted by Crippen LogP contribution is 2.25. The van der Waals surface area contributed by atoms with Gasteiger partial charge in [-0.1, -0.05) is 17.7 Å². The fourth-order valence-electron chi connectivity index (χ4n) is 2.65. The number of nitrogens with one attached hydrogen (secondary N) is 1. The van der Waals surface area contributed by atoms with E-state index >= 15 is 0 Å². The van der Waals surface area contributed by atoms with Crippen molar-refractivity contribution in [1.82, 2.24) is 10.3 Å². The van der Waals surface area contributed by atoms with Crippen molar-refractivity contribution >= 4 is 34.8 Å². The van der Waals surface area contributed by atoms with E-state index in [4.69, 9.17) is 5.11 Å². The van der Waals surface area contributed by atoms with Gasteiger partial charge in [0.05, 0.1) is 12.5 Å². The van der Waals surface area contributed by atoms with Gasteiger partial charge < -0.3 is 15.3 Å². The van der Waals surface area contributed by atoms with Crippen molar-refractivity contribution in [2.45, 2.75) is 19.9 Å². The number of anilines is 1. The predicted octanol–water partition coefficient (Wildman–Crippen LogP) is 1.82. The Bertz CT molecular complexity index is 816. The summed E-state index contributed by atoms with van der Waals surface area (Å²) in [4.78, 5) is 40.8. The number of benzene rings is 1. The number of aryl methyl sites for hydroxylation is 1. The maximum absolute atomic E-state index is 12.3. The number of hydrogen-bond donors (Lipinski definition) is 2. The standard InChI is InChI=1S/C17H17N3O4S/c1-10-2-4-12(5-3-10)20-8-11(6-15(20)21)16(22)18-7-14-19-13(9-25-14)17(23)24/h2-5,9,11H,6-8H2,1H3,(H,18,22)(H,23,24). The Balaban J connectivity index is 1.58. The smallest absolute Gasteiger partial charge is 0.355 e. The number of aromatic carboxylic acids is 1. The van der Waals surface area contributed by atoms with Crippen LogP contribution in [0.1, 0.15) is 27.5 Å². The average Bonchev–Trinajstić information content (AvgIpc) is 3.20. The molecule has 1 aliphatic rings. The van der Waals surface area contributed by atoms with Gasteiger partial charge in [0, 0.05) is 24.0 Å². The van der Waals surface area contributed by atoms with E-state index in [2.05, 4.69) is 10.3 Å². The lowest BCUT2D eigenvalue weighted by Gasteiger charge is -2.16. The van der Waals surface area contributed by atoms with Crippen LogP contribution in [0.3, 0.4) is 0 Å². The Hall–Kier alpha value is -2.74. The first-order chi connectivity index (χ1) is 11.9. The normalized spacial score (nSPS) is 16.9. The van der Waals surface area contributed by atoms with Crippen LogP contribution in [0.2, 0.25) is 0 Å². The third-order valence-electron chi connectivity index (χ3n) is 4.03. The summed E-state index contributed by atoms with van der Waals surface area (Å²) in [6, 6.07) is 7.60. The number of carbonyl (C=O) groups excluding carboxylic acids is 2. The fraction of sp³-hybridized carbons (Fsp3) is 0.294. The van der Waals surface area contributed by atoms with Crippen molar-refractivity contribution in [1.29, 1.82) is 0 Å². The lowest BCUT2D eigenvalue weighted by atomic mass is 10.1. The van der Waals surface area contributed by atoms with E-state index in [9.17, 15) is 14.4 Å². The summed E-state index contributed by atoms with van der Waals surface area (Å²) in [6.45, 7) is 2.47. The molecular weight excluding hydrogens is 342 g/mol. The highest BCUT2D eigenvalue weighted by atomic mass is 32.1. The largest absolute Gasteiger partial charge is 0.476 e. The Morgan fingerprint density at radius 1 is 1.36 bits per heavy atom. The van der Waals surface area contributed by atoms with Gasteiger partial charge in [-0.15, -0.1) is 11.3 Å². The molecule has 0 spiro atoms. The number of aromatic nitrogens is 1. The highest BCUT2D eigenvalue weighted by Gasteiger charge is 2.35. The van der Waals surface area contributed by atoms with Crippen LogP contribution in [0.5, 0.6) is 0 Å². The van der Waals surface area contributed by atoms with Crippen molar-refractivity contribution in [3.63, 3.8) is 0 Å². The third kappa shape index (κ3) is 3.85. The molecule has 0 aliphatic carbocycles. The molecule has 0 radical (unpaired) electrons. The maximum Gasteiger partial charge on any atom is 0.355 e. The van der Waals surface area contributed by atoms with E-state index in [-0.39, 0.29) is 30.5 Å². The molecule has 7 nitrogen and oxygen atoms in total. The quantitative estimate of drug-likeness (QED) is 0.848. The van der Waals surface area contributed by atoms with Gasteiger partial charge in [-0.25, -0.2) is 9.78 Å². The predicted molar refractivity (Wildman–Crippen MR) is 92.6 cm³/mol. The zero-order valence-electron chi connectivity index (χ0n) is 13.6. The average molecular weight is 359 g/mol. The number of amides is 2. The second-order valence-electron chi connectivity index (χ2n) is 5.89. The molecule has 1 unspecified atom stereocenters. The Morgan fingerprint density at radius 3 is 2.72 bits per heavy atom. The molecule has 1 aromatic heterocycles. The summed E-state index contributed by atoms with van der Waals surface area (Å²) in [6.07, 6.45) is 0.165. The molecule has 2 amide bonds. The van der Waals surface area contributed by atoms with Gasteiger partial charge in [0.15, 0.2) is 5.69 Å². The summed E-state index contributed by atoms with van der Waals surface area (Å²) >= 11 is 1.18. The number of hydrogen-bond acceptors (Lipinski definition) is 5. The minimum atomic E-state index is -1.09. The maximum atomic E-state index is 12.3. The number of rotatable bonds is 5. The molecule has 8 heteroatoms. The number of thiazole rings is 1. The molecule has 1 aliphatic heterocycles. The van der Waals surface area contributed by atoms with E-state index in [1.165, 1.54) is 16.7 Å². The summed E-state index contributed by atoms with van der Waals surface area (Å²) in [5.74, 6) is -1.82. The second-order valence-corrected chi connectivity index (χ2v) is 6.83. The van der Waals surface area contributed by atoms with Gasteiger partial charge in [0.1, 0.15) is 5.01 Å². The molecule has 1 saturated heterocycles. The molecule has 0 saturated carbocycles. The van der Waals surface area contributed by atoms with Gasteiger partial charge in [-0.05, 0) is 19.1 Å². The summed E-state index contributed by atoms with van der Waals surface area (Å²) in [5.41, 5.74) is 1.86. The number of nitrogens with zero attached hydrogens (tertiary/aromatic N) is 2. The molecule has 3 rings (SSSR count). The van der Waals surface area contributed by atoms with Crippen LogP contribution in [0.4, 0.5) is 5.69 Å². The minimum Gasteiger partial charge on any atom is -0.476 e. The van der Waals surface area contributed by atoms with Crippen molar-refractivity contribution in [3.8, 4) is 0 Å². The number of carboxylic acid groups (broad SMARTS) is 1. The molecule has 1 aromatic carbocycles. The van der Waals surface area contributed by atoms with E-state index < -0.39 is 11.9 Å². The van der Waals surface area contributed by atoms with Crippen LogP contribution in [-0.4, -0.2) is 34.4 Å². The molecular formula is C17H17N3O4S. The summed E-state index contributed by atoms with van der Waals surface area (Å²) in [7, 11) is 0. The molecule has 2 heterocycles. The van der Waals surface area contributed by atoms with Crippen LogP contribution in [0, 0.1) is 12.8 Å². The van der Waals surface area contributed by atoms with Crippen LogP contribution in [0.15, 0.2) is 29.6 Å². The molecule has 0 bridgehead atoms. The van der Waals surface area contributed by atoms with E-state index in [1.807, 2.05) is 31.2 Å². The lowest BCUT2D eigenvalue weighted by molar-refractivity contribution is -0.126. The molecule has 1 atom stereocenters. The van der Waals surface area contributed by atoms with Crippen LogP contribution in [-0.2, 0) is 16.1 Å². The Morgan fingerprint density at radius 2 is 2.08 bits per heavy atom. The first-order valence-electron chi connectivity index (χ1n) is 7.76. The van der Waals surface area contributed by atoms with Gasteiger partial charge >= 0.3 is 5.97 Å². The first kappa shape index (κ1) is 17.1. The SMILES string of the molecule is Cc1ccc(N2CC(C(=O)NCc3nc(C(=O)O)cs3)CC2=O)cc1. The second kappa shape index (κ2) is 7.02. The number of carbonyl (C=O) groups is 3. The number of carboxylic acids is 1.